The lowest BCUT2D eigenvalue weighted by molar-refractivity contribution is 0.0989. The summed E-state index contributed by atoms with van der Waals surface area (Å²) >= 11 is 2.57. The number of carbonyl (C=O) groups excluding carboxylic acids is 2. The molecule has 206 valence electrons. The molecule has 5 N–H and O–H groups in total. The van der Waals surface area contributed by atoms with Crippen LogP contribution in [-0.2, 0) is 17.5 Å². The molecule has 2 fully saturated rings. The number of benzene rings is 2. The lowest BCUT2D eigenvalue weighted by atomic mass is 9.78. The van der Waals surface area contributed by atoms with Gasteiger partial charge in [0, 0.05) is 12.1 Å². The van der Waals surface area contributed by atoms with E-state index in [0.717, 1.165) is 71.3 Å². The third kappa shape index (κ3) is 4.77. The van der Waals surface area contributed by atoms with E-state index < -0.39 is 11.1 Å². The van der Waals surface area contributed by atoms with Crippen molar-refractivity contribution in [1.29, 1.82) is 0 Å². The molecule has 0 saturated heterocycles. The van der Waals surface area contributed by atoms with Gasteiger partial charge in [-0.3, -0.25) is 9.59 Å². The van der Waals surface area contributed by atoms with Crippen LogP contribution in [0.1, 0.15) is 84.8 Å². The van der Waals surface area contributed by atoms with Gasteiger partial charge in [-0.15, -0.1) is 20.4 Å². The number of carbonyl (C=O) groups is 2. The first-order valence-corrected chi connectivity index (χ1v) is 15.1. The Morgan fingerprint density at radius 1 is 0.800 bits per heavy atom. The van der Waals surface area contributed by atoms with Crippen LogP contribution in [0.25, 0.3) is 11.1 Å². The Bertz CT molecular complexity index is 1500. The van der Waals surface area contributed by atoms with Crippen molar-refractivity contribution < 1.29 is 9.59 Å². The smallest absolute Gasteiger partial charge is 0.286 e. The molecule has 1 amide bonds. The molecule has 2 aromatic carbocycles. The highest BCUT2D eigenvalue weighted by atomic mass is 32.1. The zero-order chi connectivity index (χ0) is 28.1. The molecule has 4 aromatic rings. The van der Waals surface area contributed by atoms with E-state index in [0.29, 0.717) is 20.7 Å². The fraction of sp³-hybridized carbons (Fsp3) is 0.379. The zero-order valence-electron chi connectivity index (χ0n) is 22.5. The van der Waals surface area contributed by atoms with Crippen LogP contribution in [-0.4, -0.2) is 32.1 Å². The van der Waals surface area contributed by atoms with Gasteiger partial charge in [-0.25, -0.2) is 0 Å². The van der Waals surface area contributed by atoms with E-state index in [1.807, 2.05) is 50.2 Å². The number of amides is 1. The van der Waals surface area contributed by atoms with E-state index in [2.05, 4.69) is 25.7 Å². The first kappa shape index (κ1) is 26.8. The standard InChI is InChI=1S/C29H31N7O2S2/c1-16-18(15-22(37)24-33-35-26(39-24)28(30)11-5-12-28)7-3-8-19(16)20-9-4-10-21(17(20)2)32-23(38)25-34-36-27(40-25)29(31)13-6-14-29/h3-4,7-10H,5-6,11-15,30-31H2,1-2H3,(H,32,38). The van der Waals surface area contributed by atoms with Crippen LogP contribution < -0.4 is 16.8 Å². The summed E-state index contributed by atoms with van der Waals surface area (Å²) in [5, 5.41) is 21.8. The summed E-state index contributed by atoms with van der Waals surface area (Å²) in [6, 6.07) is 11.8. The number of nitrogens with one attached hydrogen (secondary N) is 1. The summed E-state index contributed by atoms with van der Waals surface area (Å²) in [5.74, 6) is -0.372. The Balaban J connectivity index is 1.21. The molecule has 2 aliphatic rings. The molecule has 6 rings (SSSR count). The first-order chi connectivity index (χ1) is 19.2. The second kappa shape index (κ2) is 10.2. The summed E-state index contributed by atoms with van der Waals surface area (Å²) < 4.78 is 0. The number of rotatable bonds is 8. The number of anilines is 1. The molecule has 2 heterocycles. The minimum atomic E-state index is -0.447. The maximum atomic E-state index is 13.1. The number of hydrogen-bond donors (Lipinski definition) is 3. The fourth-order valence-corrected chi connectivity index (χ4v) is 7.09. The van der Waals surface area contributed by atoms with Crippen molar-refractivity contribution in [2.24, 2.45) is 11.5 Å². The number of nitrogens with two attached hydrogens (primary N) is 2. The van der Waals surface area contributed by atoms with E-state index in [1.165, 1.54) is 22.7 Å². The molecule has 11 heteroatoms. The Kier molecular flexibility index (Phi) is 6.86. The van der Waals surface area contributed by atoms with Crippen molar-refractivity contribution in [2.75, 3.05) is 5.32 Å². The Morgan fingerprint density at radius 2 is 1.35 bits per heavy atom. The van der Waals surface area contributed by atoms with Crippen LogP contribution in [0, 0.1) is 13.8 Å². The molecule has 0 aliphatic heterocycles. The quantitative estimate of drug-likeness (QED) is 0.249. The molecular formula is C29H31N7O2S2. The highest BCUT2D eigenvalue weighted by molar-refractivity contribution is 7.13. The van der Waals surface area contributed by atoms with Gasteiger partial charge in [-0.1, -0.05) is 53.0 Å². The van der Waals surface area contributed by atoms with Crippen molar-refractivity contribution in [3.63, 3.8) is 0 Å². The third-order valence-corrected chi connectivity index (χ3v) is 10.6. The number of nitrogens with zero attached hydrogens (tertiary/aromatic N) is 4. The number of ketones is 1. The lowest BCUT2D eigenvalue weighted by Crippen LogP contribution is -2.43. The highest BCUT2D eigenvalue weighted by Gasteiger charge is 2.39. The molecule has 0 unspecified atom stereocenters. The van der Waals surface area contributed by atoms with Gasteiger partial charge < -0.3 is 16.8 Å². The number of hydrogen-bond acceptors (Lipinski definition) is 10. The van der Waals surface area contributed by atoms with Gasteiger partial charge in [-0.05, 0) is 86.3 Å². The summed E-state index contributed by atoms with van der Waals surface area (Å²) in [6.07, 6.45) is 5.86. The van der Waals surface area contributed by atoms with Crippen molar-refractivity contribution >= 4 is 40.1 Å². The van der Waals surface area contributed by atoms with Crippen LogP contribution >= 0.6 is 22.7 Å². The molecule has 9 nitrogen and oxygen atoms in total. The number of Topliss-reactive ketones (excluding diaryl/α,β-unsaturated/α-hetero) is 1. The van der Waals surface area contributed by atoms with Crippen LogP contribution in [0.5, 0.6) is 0 Å². The van der Waals surface area contributed by atoms with E-state index in [9.17, 15) is 9.59 Å². The average Bonchev–Trinajstić information content (AvgIpc) is 3.60. The van der Waals surface area contributed by atoms with Gasteiger partial charge in [0.15, 0.2) is 10.8 Å². The maximum absolute atomic E-state index is 13.1. The van der Waals surface area contributed by atoms with Crippen LogP contribution in [0.3, 0.4) is 0 Å². The molecule has 0 spiro atoms. The second-order valence-electron chi connectivity index (χ2n) is 11.0. The van der Waals surface area contributed by atoms with Gasteiger partial charge in [-0.2, -0.15) is 0 Å². The highest BCUT2D eigenvalue weighted by Crippen LogP contribution is 2.41. The Morgan fingerprint density at radius 3 is 1.95 bits per heavy atom. The molecular weight excluding hydrogens is 543 g/mol. The first-order valence-electron chi connectivity index (χ1n) is 13.5. The van der Waals surface area contributed by atoms with Gasteiger partial charge in [0.05, 0.1) is 11.1 Å². The molecule has 2 saturated carbocycles. The second-order valence-corrected chi connectivity index (χ2v) is 12.9. The largest absolute Gasteiger partial charge is 0.320 e. The third-order valence-electron chi connectivity index (χ3n) is 8.30. The van der Waals surface area contributed by atoms with E-state index in [1.54, 1.807) is 0 Å². The van der Waals surface area contributed by atoms with Gasteiger partial charge in [0.1, 0.15) is 10.0 Å². The van der Waals surface area contributed by atoms with Crippen LogP contribution in [0.15, 0.2) is 36.4 Å². The summed E-state index contributed by atoms with van der Waals surface area (Å²) in [6.45, 7) is 3.99. The molecule has 2 aromatic heterocycles. The summed E-state index contributed by atoms with van der Waals surface area (Å²) in [5.41, 5.74) is 17.4. The molecule has 0 bridgehead atoms. The lowest BCUT2D eigenvalue weighted by Gasteiger charge is -2.35. The van der Waals surface area contributed by atoms with E-state index >= 15 is 0 Å². The SMILES string of the molecule is Cc1c(CC(=O)c2nnc(C3(N)CCC3)s2)cccc1-c1cccc(NC(=O)c2nnc(C3(N)CCC3)s2)c1C. The van der Waals surface area contributed by atoms with Gasteiger partial charge in [0.25, 0.3) is 5.91 Å². The maximum Gasteiger partial charge on any atom is 0.286 e. The molecule has 0 radical (unpaired) electrons. The monoisotopic (exact) mass is 573 g/mol. The van der Waals surface area contributed by atoms with Crippen molar-refractivity contribution in [1.82, 2.24) is 20.4 Å². The van der Waals surface area contributed by atoms with Gasteiger partial charge in [0.2, 0.25) is 5.01 Å². The number of aromatic nitrogens is 4. The van der Waals surface area contributed by atoms with E-state index in [4.69, 9.17) is 11.5 Å². The topological polar surface area (TPSA) is 150 Å². The Hall–Kier alpha value is -3.38. The normalized spacial score (nSPS) is 17.1. The Labute approximate surface area is 240 Å². The molecule has 2 aliphatic carbocycles. The summed E-state index contributed by atoms with van der Waals surface area (Å²) in [4.78, 5) is 26.2. The average molecular weight is 574 g/mol. The van der Waals surface area contributed by atoms with Gasteiger partial charge >= 0.3 is 0 Å². The minimum absolute atomic E-state index is 0.0674. The molecule has 0 atom stereocenters. The molecule has 40 heavy (non-hydrogen) atoms. The van der Waals surface area contributed by atoms with Crippen molar-refractivity contribution in [2.45, 2.75) is 69.9 Å². The fourth-order valence-electron chi connectivity index (χ4n) is 5.25. The predicted molar refractivity (Wildman–Crippen MR) is 157 cm³/mol. The van der Waals surface area contributed by atoms with Crippen molar-refractivity contribution in [3.8, 4) is 11.1 Å². The van der Waals surface area contributed by atoms with Crippen molar-refractivity contribution in [3.05, 3.63) is 73.1 Å². The zero-order valence-corrected chi connectivity index (χ0v) is 24.1. The van der Waals surface area contributed by atoms with Crippen LogP contribution in [0.4, 0.5) is 5.69 Å². The van der Waals surface area contributed by atoms with Crippen LogP contribution in [0.2, 0.25) is 0 Å². The predicted octanol–water partition coefficient (Wildman–Crippen LogP) is 5.03. The van der Waals surface area contributed by atoms with E-state index in [-0.39, 0.29) is 18.1 Å². The summed E-state index contributed by atoms with van der Waals surface area (Å²) in [7, 11) is 0. The minimum Gasteiger partial charge on any atom is -0.320 e.